The lowest BCUT2D eigenvalue weighted by Gasteiger charge is -2.34. The first-order valence-electron chi connectivity index (χ1n) is 11.1. The van der Waals surface area contributed by atoms with Crippen LogP contribution in [0.1, 0.15) is 22.0 Å². The van der Waals surface area contributed by atoms with E-state index < -0.39 is 6.04 Å². The van der Waals surface area contributed by atoms with Crippen molar-refractivity contribution in [3.63, 3.8) is 0 Å². The van der Waals surface area contributed by atoms with Crippen LogP contribution >= 0.6 is 0 Å². The van der Waals surface area contributed by atoms with Gasteiger partial charge >= 0.3 is 0 Å². The lowest BCUT2D eigenvalue weighted by Crippen LogP contribution is -2.49. The molecule has 0 saturated carbocycles. The molecule has 8 nitrogen and oxygen atoms in total. The summed E-state index contributed by atoms with van der Waals surface area (Å²) < 4.78 is 0. The van der Waals surface area contributed by atoms with E-state index in [1.807, 2.05) is 42.5 Å². The normalized spacial score (nSPS) is 15.0. The third kappa shape index (κ3) is 6.14. The van der Waals surface area contributed by atoms with Crippen molar-refractivity contribution in [3.05, 3.63) is 90.3 Å². The van der Waals surface area contributed by atoms with Crippen LogP contribution in [0.2, 0.25) is 0 Å². The highest BCUT2D eigenvalue weighted by atomic mass is 16.2. The second-order valence-electron chi connectivity index (χ2n) is 7.85. The SMILES string of the molecule is O=C(NC(C(=O)NCCN1CCN(c2ncccn2)CC1)c1ccccc1)c1ccccc1. The van der Waals surface area contributed by atoms with Crippen molar-refractivity contribution < 1.29 is 9.59 Å². The van der Waals surface area contributed by atoms with Crippen molar-refractivity contribution in [2.24, 2.45) is 0 Å². The van der Waals surface area contributed by atoms with Gasteiger partial charge in [0.25, 0.3) is 5.91 Å². The first-order valence-corrected chi connectivity index (χ1v) is 11.1. The summed E-state index contributed by atoms with van der Waals surface area (Å²) in [4.78, 5) is 38.8. The monoisotopic (exact) mass is 444 g/mol. The first-order chi connectivity index (χ1) is 16.2. The Labute approximate surface area is 193 Å². The van der Waals surface area contributed by atoms with Crippen molar-refractivity contribution in [1.29, 1.82) is 0 Å². The molecule has 2 aromatic carbocycles. The minimum atomic E-state index is -0.758. The molecule has 33 heavy (non-hydrogen) atoms. The molecule has 1 fully saturated rings. The van der Waals surface area contributed by atoms with E-state index in [-0.39, 0.29) is 11.8 Å². The molecular formula is C25H28N6O2. The molecule has 1 unspecified atom stereocenters. The summed E-state index contributed by atoms with van der Waals surface area (Å²) >= 11 is 0. The zero-order valence-electron chi connectivity index (χ0n) is 18.4. The summed E-state index contributed by atoms with van der Waals surface area (Å²) in [6.45, 7) is 4.69. The Hall–Kier alpha value is -3.78. The molecule has 1 aliphatic heterocycles. The number of anilines is 1. The molecule has 0 aliphatic carbocycles. The number of hydrogen-bond acceptors (Lipinski definition) is 6. The summed E-state index contributed by atoms with van der Waals surface area (Å²) in [6, 6.07) is 19.3. The van der Waals surface area contributed by atoms with Crippen LogP contribution in [0.15, 0.2) is 79.1 Å². The van der Waals surface area contributed by atoms with Gasteiger partial charge in [-0.2, -0.15) is 0 Å². The smallest absolute Gasteiger partial charge is 0.252 e. The molecule has 1 saturated heterocycles. The van der Waals surface area contributed by atoms with Gasteiger partial charge in [0, 0.05) is 57.2 Å². The van der Waals surface area contributed by atoms with Crippen LogP contribution in [-0.2, 0) is 4.79 Å². The van der Waals surface area contributed by atoms with Gasteiger partial charge in [-0.05, 0) is 23.8 Å². The average Bonchev–Trinajstić information content (AvgIpc) is 2.89. The zero-order chi connectivity index (χ0) is 22.9. The predicted octanol–water partition coefficient (Wildman–Crippen LogP) is 1.89. The molecule has 2 N–H and O–H groups in total. The molecule has 170 valence electrons. The molecular weight excluding hydrogens is 416 g/mol. The Bertz CT molecular complexity index is 1020. The van der Waals surface area contributed by atoms with Crippen LogP contribution in [0.3, 0.4) is 0 Å². The third-order valence-electron chi connectivity index (χ3n) is 5.64. The standard InChI is InChI=1S/C25H28N6O2/c32-23(21-10-5-2-6-11-21)29-22(20-8-3-1-4-9-20)24(33)26-14-15-30-16-18-31(19-17-30)25-27-12-7-13-28-25/h1-13,22H,14-19H2,(H,26,33)(H,29,32). The topological polar surface area (TPSA) is 90.5 Å². The van der Waals surface area contributed by atoms with Crippen LogP contribution < -0.4 is 15.5 Å². The second-order valence-corrected chi connectivity index (χ2v) is 7.85. The number of amides is 2. The van der Waals surface area contributed by atoms with Crippen molar-refractivity contribution in [2.45, 2.75) is 6.04 Å². The highest BCUT2D eigenvalue weighted by molar-refractivity contribution is 5.97. The van der Waals surface area contributed by atoms with E-state index in [1.165, 1.54) is 0 Å². The molecule has 1 atom stereocenters. The Morgan fingerprint density at radius 3 is 2.15 bits per heavy atom. The van der Waals surface area contributed by atoms with E-state index in [2.05, 4.69) is 30.4 Å². The average molecular weight is 445 g/mol. The molecule has 8 heteroatoms. The highest BCUT2D eigenvalue weighted by Crippen LogP contribution is 2.14. The maximum absolute atomic E-state index is 13.0. The van der Waals surface area contributed by atoms with Gasteiger partial charge in [-0.25, -0.2) is 9.97 Å². The van der Waals surface area contributed by atoms with Crippen LogP contribution in [0.4, 0.5) is 5.95 Å². The number of piperazine rings is 1. The summed E-state index contributed by atoms with van der Waals surface area (Å²) in [5.41, 5.74) is 1.27. The minimum Gasteiger partial charge on any atom is -0.353 e. The van der Waals surface area contributed by atoms with Crippen LogP contribution in [0.5, 0.6) is 0 Å². The Balaban J connectivity index is 1.30. The maximum atomic E-state index is 13.0. The van der Waals surface area contributed by atoms with Gasteiger partial charge in [0.15, 0.2) is 0 Å². The quantitative estimate of drug-likeness (QED) is 0.552. The van der Waals surface area contributed by atoms with Crippen LogP contribution in [-0.4, -0.2) is 66.0 Å². The molecule has 0 spiro atoms. The number of nitrogens with zero attached hydrogens (tertiary/aromatic N) is 4. The molecule has 0 bridgehead atoms. The molecule has 0 radical (unpaired) electrons. The van der Waals surface area contributed by atoms with Gasteiger partial charge < -0.3 is 15.5 Å². The number of carbonyl (C=O) groups is 2. The van der Waals surface area contributed by atoms with Crippen molar-refractivity contribution in [1.82, 2.24) is 25.5 Å². The Morgan fingerprint density at radius 2 is 1.48 bits per heavy atom. The Kier molecular flexibility index (Phi) is 7.60. The largest absolute Gasteiger partial charge is 0.353 e. The number of rotatable bonds is 8. The number of hydrogen-bond donors (Lipinski definition) is 2. The molecule has 2 heterocycles. The number of aromatic nitrogens is 2. The van der Waals surface area contributed by atoms with E-state index in [0.29, 0.717) is 12.1 Å². The molecule has 4 rings (SSSR count). The fraction of sp³-hybridized carbons (Fsp3) is 0.280. The molecule has 3 aromatic rings. The molecule has 1 aromatic heterocycles. The van der Waals surface area contributed by atoms with E-state index >= 15 is 0 Å². The van der Waals surface area contributed by atoms with Crippen molar-refractivity contribution in [3.8, 4) is 0 Å². The van der Waals surface area contributed by atoms with E-state index in [1.54, 1.807) is 36.7 Å². The lowest BCUT2D eigenvalue weighted by atomic mass is 10.1. The Morgan fingerprint density at radius 1 is 0.848 bits per heavy atom. The third-order valence-corrected chi connectivity index (χ3v) is 5.64. The summed E-state index contributed by atoms with van der Waals surface area (Å²) in [7, 11) is 0. The first kappa shape index (κ1) is 22.4. The number of benzene rings is 2. The minimum absolute atomic E-state index is 0.221. The number of carbonyl (C=O) groups excluding carboxylic acids is 2. The van der Waals surface area contributed by atoms with E-state index in [4.69, 9.17) is 0 Å². The van der Waals surface area contributed by atoms with Gasteiger partial charge in [-0.1, -0.05) is 48.5 Å². The van der Waals surface area contributed by atoms with E-state index in [9.17, 15) is 9.59 Å². The predicted molar refractivity (Wildman–Crippen MR) is 127 cm³/mol. The maximum Gasteiger partial charge on any atom is 0.252 e. The van der Waals surface area contributed by atoms with Gasteiger partial charge in [-0.15, -0.1) is 0 Å². The molecule has 1 aliphatic rings. The summed E-state index contributed by atoms with van der Waals surface area (Å²) in [5.74, 6) is 0.256. The summed E-state index contributed by atoms with van der Waals surface area (Å²) in [6.07, 6.45) is 3.51. The van der Waals surface area contributed by atoms with Crippen molar-refractivity contribution in [2.75, 3.05) is 44.2 Å². The van der Waals surface area contributed by atoms with Gasteiger partial charge in [-0.3, -0.25) is 14.5 Å². The second kappa shape index (κ2) is 11.2. The lowest BCUT2D eigenvalue weighted by molar-refractivity contribution is -0.123. The van der Waals surface area contributed by atoms with Gasteiger partial charge in [0.1, 0.15) is 6.04 Å². The van der Waals surface area contributed by atoms with Gasteiger partial charge in [0.05, 0.1) is 0 Å². The van der Waals surface area contributed by atoms with E-state index in [0.717, 1.165) is 44.2 Å². The zero-order valence-corrected chi connectivity index (χ0v) is 18.4. The molecule has 2 amide bonds. The fourth-order valence-electron chi connectivity index (χ4n) is 3.81. The van der Waals surface area contributed by atoms with Gasteiger partial charge in [0.2, 0.25) is 11.9 Å². The van der Waals surface area contributed by atoms with Crippen LogP contribution in [0.25, 0.3) is 0 Å². The number of nitrogens with one attached hydrogen (secondary N) is 2. The van der Waals surface area contributed by atoms with Crippen molar-refractivity contribution >= 4 is 17.8 Å². The summed E-state index contributed by atoms with van der Waals surface area (Å²) in [5, 5.41) is 5.87. The van der Waals surface area contributed by atoms with Crippen LogP contribution in [0, 0.1) is 0 Å². The fourth-order valence-corrected chi connectivity index (χ4v) is 3.81. The highest BCUT2D eigenvalue weighted by Gasteiger charge is 2.24.